The molecule has 3 aromatic rings. The van der Waals surface area contributed by atoms with E-state index < -0.39 is 18.5 Å². The van der Waals surface area contributed by atoms with Gasteiger partial charge in [-0.3, -0.25) is 4.79 Å². The van der Waals surface area contributed by atoms with Crippen LogP contribution in [0.5, 0.6) is 5.75 Å². The maximum absolute atomic E-state index is 11.7. The van der Waals surface area contributed by atoms with E-state index in [0.29, 0.717) is 22.3 Å². The van der Waals surface area contributed by atoms with E-state index >= 15 is 0 Å². The number of aliphatic carboxylic acids is 1. The van der Waals surface area contributed by atoms with Crippen molar-refractivity contribution in [2.24, 2.45) is 5.73 Å². The van der Waals surface area contributed by atoms with E-state index in [1.54, 1.807) is 24.3 Å². The second kappa shape index (κ2) is 6.37. The van der Waals surface area contributed by atoms with E-state index in [0.717, 1.165) is 5.56 Å². The summed E-state index contributed by atoms with van der Waals surface area (Å²) in [6.45, 7) is -0.492. The van der Waals surface area contributed by atoms with Crippen LogP contribution >= 0.6 is 0 Å². The molecule has 0 saturated carbocycles. The molecule has 1 aromatic heterocycles. The standard InChI is InChI=1S/C18H14N2O4/c19-18(23)13-8-4-7-12-15(24-10-16(21)22)9-14(20-17(12)13)11-5-2-1-3-6-11/h1-9H,10H2,(H2,19,23)(H,21,22). The van der Waals surface area contributed by atoms with Crippen molar-refractivity contribution in [3.05, 3.63) is 60.2 Å². The smallest absolute Gasteiger partial charge is 0.341 e. The monoisotopic (exact) mass is 322 g/mol. The van der Waals surface area contributed by atoms with Crippen molar-refractivity contribution >= 4 is 22.8 Å². The van der Waals surface area contributed by atoms with Crippen molar-refractivity contribution in [1.82, 2.24) is 4.98 Å². The van der Waals surface area contributed by atoms with Gasteiger partial charge in [-0.25, -0.2) is 9.78 Å². The first kappa shape index (κ1) is 15.5. The molecule has 120 valence electrons. The highest BCUT2D eigenvalue weighted by molar-refractivity contribution is 6.06. The summed E-state index contributed by atoms with van der Waals surface area (Å²) in [5.74, 6) is -1.36. The minimum atomic E-state index is -1.09. The summed E-state index contributed by atoms with van der Waals surface area (Å²) in [5.41, 5.74) is 7.45. The highest BCUT2D eigenvalue weighted by atomic mass is 16.5. The SMILES string of the molecule is NC(=O)c1cccc2c(OCC(=O)O)cc(-c3ccccc3)nc12. The molecule has 0 unspecified atom stereocenters. The third kappa shape index (κ3) is 3.03. The number of carbonyl (C=O) groups is 2. The lowest BCUT2D eigenvalue weighted by atomic mass is 10.1. The van der Waals surface area contributed by atoms with Crippen LogP contribution in [0.4, 0.5) is 0 Å². The van der Waals surface area contributed by atoms with Crippen LogP contribution in [-0.4, -0.2) is 28.6 Å². The number of hydrogen-bond donors (Lipinski definition) is 2. The molecule has 0 aliphatic rings. The number of ether oxygens (including phenoxy) is 1. The Balaban J connectivity index is 2.25. The molecule has 3 rings (SSSR count). The number of rotatable bonds is 5. The zero-order valence-electron chi connectivity index (χ0n) is 12.6. The van der Waals surface area contributed by atoms with Gasteiger partial charge in [-0.2, -0.15) is 0 Å². The third-order valence-electron chi connectivity index (χ3n) is 3.49. The van der Waals surface area contributed by atoms with E-state index in [1.165, 1.54) is 0 Å². The molecule has 0 bridgehead atoms. The molecule has 1 amide bonds. The Morgan fingerprint density at radius 2 is 1.83 bits per heavy atom. The number of pyridine rings is 1. The van der Waals surface area contributed by atoms with Gasteiger partial charge < -0.3 is 15.6 Å². The van der Waals surface area contributed by atoms with E-state index in [1.807, 2.05) is 30.3 Å². The molecular weight excluding hydrogens is 308 g/mol. The van der Waals surface area contributed by atoms with Crippen LogP contribution in [0.1, 0.15) is 10.4 Å². The fourth-order valence-electron chi connectivity index (χ4n) is 2.43. The Kier molecular flexibility index (Phi) is 4.11. The van der Waals surface area contributed by atoms with Crippen LogP contribution in [0.3, 0.4) is 0 Å². The van der Waals surface area contributed by atoms with E-state index in [-0.39, 0.29) is 5.56 Å². The van der Waals surface area contributed by atoms with Gasteiger partial charge in [0.25, 0.3) is 5.91 Å². The normalized spacial score (nSPS) is 10.5. The Labute approximate surface area is 137 Å². The van der Waals surface area contributed by atoms with Gasteiger partial charge in [-0.15, -0.1) is 0 Å². The number of fused-ring (bicyclic) bond motifs is 1. The number of amides is 1. The number of carboxylic acids is 1. The van der Waals surface area contributed by atoms with Crippen LogP contribution in [0, 0.1) is 0 Å². The van der Waals surface area contributed by atoms with Crippen LogP contribution in [0.2, 0.25) is 0 Å². The number of hydrogen-bond acceptors (Lipinski definition) is 4. The first-order valence-electron chi connectivity index (χ1n) is 7.20. The highest BCUT2D eigenvalue weighted by Gasteiger charge is 2.15. The Morgan fingerprint density at radius 3 is 2.50 bits per heavy atom. The molecule has 0 saturated heterocycles. The fourth-order valence-corrected chi connectivity index (χ4v) is 2.43. The van der Waals surface area contributed by atoms with Crippen LogP contribution < -0.4 is 10.5 Å². The second-order valence-electron chi connectivity index (χ2n) is 5.12. The molecule has 3 N–H and O–H groups in total. The van der Waals surface area contributed by atoms with Crippen LogP contribution in [0.25, 0.3) is 22.2 Å². The molecule has 2 aromatic carbocycles. The summed E-state index contributed by atoms with van der Waals surface area (Å²) >= 11 is 0. The number of carboxylic acid groups (broad SMARTS) is 1. The number of carbonyl (C=O) groups excluding carboxylic acids is 1. The number of aromatic nitrogens is 1. The predicted molar refractivity (Wildman–Crippen MR) is 88.8 cm³/mol. The Hall–Kier alpha value is -3.41. The summed E-state index contributed by atoms with van der Waals surface area (Å²) < 4.78 is 5.39. The maximum atomic E-state index is 11.7. The van der Waals surface area contributed by atoms with Gasteiger partial charge in [0.1, 0.15) is 5.75 Å². The lowest BCUT2D eigenvalue weighted by molar-refractivity contribution is -0.139. The van der Waals surface area contributed by atoms with Gasteiger partial charge in [0.05, 0.1) is 16.8 Å². The van der Waals surface area contributed by atoms with Crippen molar-refractivity contribution in [1.29, 1.82) is 0 Å². The molecular formula is C18H14N2O4. The molecule has 0 radical (unpaired) electrons. The average molecular weight is 322 g/mol. The van der Waals surface area contributed by atoms with E-state index in [4.69, 9.17) is 15.6 Å². The third-order valence-corrected chi connectivity index (χ3v) is 3.49. The molecule has 24 heavy (non-hydrogen) atoms. The first-order valence-corrected chi connectivity index (χ1v) is 7.20. The molecule has 0 aliphatic heterocycles. The molecule has 0 fully saturated rings. The van der Waals surface area contributed by atoms with Gasteiger partial charge >= 0.3 is 5.97 Å². The van der Waals surface area contributed by atoms with Crippen LogP contribution in [-0.2, 0) is 4.79 Å². The number of nitrogens with two attached hydrogens (primary N) is 1. The molecule has 6 heteroatoms. The van der Waals surface area contributed by atoms with Gasteiger partial charge in [0, 0.05) is 17.0 Å². The van der Waals surface area contributed by atoms with E-state index in [2.05, 4.69) is 4.98 Å². The number of para-hydroxylation sites is 1. The lowest BCUT2D eigenvalue weighted by Crippen LogP contribution is -2.13. The second-order valence-corrected chi connectivity index (χ2v) is 5.12. The molecule has 6 nitrogen and oxygen atoms in total. The molecule has 1 heterocycles. The zero-order chi connectivity index (χ0) is 17.1. The highest BCUT2D eigenvalue weighted by Crippen LogP contribution is 2.31. The number of benzene rings is 2. The minimum Gasteiger partial charge on any atom is -0.481 e. The summed E-state index contributed by atoms with van der Waals surface area (Å²) in [5, 5.41) is 9.40. The van der Waals surface area contributed by atoms with Crippen molar-refractivity contribution in [3.8, 4) is 17.0 Å². The maximum Gasteiger partial charge on any atom is 0.341 e. The van der Waals surface area contributed by atoms with Gasteiger partial charge in [0.15, 0.2) is 6.61 Å². The van der Waals surface area contributed by atoms with Crippen molar-refractivity contribution in [2.75, 3.05) is 6.61 Å². The summed E-state index contributed by atoms with van der Waals surface area (Å²) in [7, 11) is 0. The van der Waals surface area contributed by atoms with Crippen LogP contribution in [0.15, 0.2) is 54.6 Å². The van der Waals surface area contributed by atoms with Gasteiger partial charge in [-0.05, 0) is 12.1 Å². The first-order chi connectivity index (χ1) is 11.6. The summed E-state index contributed by atoms with van der Waals surface area (Å²) in [4.78, 5) is 27.0. The Morgan fingerprint density at radius 1 is 1.08 bits per heavy atom. The lowest BCUT2D eigenvalue weighted by Gasteiger charge is -2.12. The summed E-state index contributed by atoms with van der Waals surface area (Å²) in [6.07, 6.45) is 0. The minimum absolute atomic E-state index is 0.255. The number of nitrogens with zero attached hydrogens (tertiary/aromatic N) is 1. The largest absolute Gasteiger partial charge is 0.481 e. The Bertz CT molecular complexity index is 923. The molecule has 0 aliphatic carbocycles. The fraction of sp³-hybridized carbons (Fsp3) is 0.0556. The topological polar surface area (TPSA) is 103 Å². The van der Waals surface area contributed by atoms with Crippen molar-refractivity contribution in [3.63, 3.8) is 0 Å². The van der Waals surface area contributed by atoms with Gasteiger partial charge in [0.2, 0.25) is 0 Å². The molecule has 0 atom stereocenters. The van der Waals surface area contributed by atoms with E-state index in [9.17, 15) is 9.59 Å². The van der Waals surface area contributed by atoms with Crippen molar-refractivity contribution < 1.29 is 19.4 Å². The van der Waals surface area contributed by atoms with Crippen molar-refractivity contribution in [2.45, 2.75) is 0 Å². The quantitative estimate of drug-likeness (QED) is 0.751. The summed E-state index contributed by atoms with van der Waals surface area (Å²) in [6, 6.07) is 15.9. The number of primary amides is 1. The molecule has 0 spiro atoms. The predicted octanol–water partition coefficient (Wildman–Crippen LogP) is 2.46. The van der Waals surface area contributed by atoms with Gasteiger partial charge in [-0.1, -0.05) is 36.4 Å². The zero-order valence-corrected chi connectivity index (χ0v) is 12.6. The average Bonchev–Trinajstić information content (AvgIpc) is 2.59.